The van der Waals surface area contributed by atoms with E-state index in [0.717, 1.165) is 3.57 Å². The summed E-state index contributed by atoms with van der Waals surface area (Å²) in [4.78, 5) is 8.30. The minimum atomic E-state index is 0.0470. The van der Waals surface area contributed by atoms with Gasteiger partial charge in [0.1, 0.15) is 5.82 Å². The lowest BCUT2D eigenvalue weighted by Gasteiger charge is -2.06. The number of hydrogen-bond acceptors (Lipinski definition) is 5. The van der Waals surface area contributed by atoms with Crippen molar-refractivity contribution in [2.45, 2.75) is 0 Å². The van der Waals surface area contributed by atoms with Crippen LogP contribution in [0.4, 0.5) is 5.82 Å². The number of nitrogens with zero attached hydrogens (tertiary/aromatic N) is 2. The second kappa shape index (κ2) is 4.74. The molecule has 1 aromatic heterocycles. The fraction of sp³-hybridized carbons (Fsp3) is 0.0909. The lowest BCUT2D eigenvalue weighted by Crippen LogP contribution is -1.98. The summed E-state index contributed by atoms with van der Waals surface area (Å²) in [5.74, 6) is 1.35. The maximum atomic E-state index is 9.66. The molecule has 3 N–H and O–H groups in total. The summed E-state index contributed by atoms with van der Waals surface area (Å²) in [7, 11) is 1.49. The van der Waals surface area contributed by atoms with Crippen molar-refractivity contribution in [3.8, 4) is 22.9 Å². The standard InChI is InChI=1S/C11H10IN3O2/c1-17-9-3-2-6(4-8(9)16)11-14-5-7(12)10(13)15-11/h2-5,16H,1H3,(H2,13,14,15). The third-order valence-electron chi connectivity index (χ3n) is 2.21. The highest BCUT2D eigenvalue weighted by molar-refractivity contribution is 14.1. The van der Waals surface area contributed by atoms with E-state index in [0.29, 0.717) is 23.0 Å². The zero-order valence-electron chi connectivity index (χ0n) is 9.01. The van der Waals surface area contributed by atoms with Crippen molar-refractivity contribution in [3.63, 3.8) is 0 Å². The van der Waals surface area contributed by atoms with Gasteiger partial charge < -0.3 is 15.6 Å². The Labute approximate surface area is 112 Å². The Balaban J connectivity index is 2.46. The van der Waals surface area contributed by atoms with E-state index < -0.39 is 0 Å². The Hall–Kier alpha value is -1.57. The van der Waals surface area contributed by atoms with E-state index >= 15 is 0 Å². The third-order valence-corrected chi connectivity index (χ3v) is 3.04. The second-order valence-electron chi connectivity index (χ2n) is 3.31. The molecule has 0 aliphatic rings. The van der Waals surface area contributed by atoms with Crippen molar-refractivity contribution < 1.29 is 9.84 Å². The van der Waals surface area contributed by atoms with Crippen LogP contribution in [0.15, 0.2) is 24.4 Å². The predicted molar refractivity (Wildman–Crippen MR) is 72.8 cm³/mol. The molecule has 0 fully saturated rings. The quantitative estimate of drug-likeness (QED) is 0.816. The minimum absolute atomic E-state index is 0.0470. The van der Waals surface area contributed by atoms with Crippen LogP contribution in [0.2, 0.25) is 0 Å². The fourth-order valence-corrected chi connectivity index (χ4v) is 1.61. The molecule has 0 bridgehead atoms. The molecule has 0 aliphatic carbocycles. The smallest absolute Gasteiger partial charge is 0.161 e. The van der Waals surface area contributed by atoms with E-state index in [4.69, 9.17) is 10.5 Å². The summed E-state index contributed by atoms with van der Waals surface area (Å²) in [6.45, 7) is 0. The van der Waals surface area contributed by atoms with Crippen LogP contribution in [0.3, 0.4) is 0 Å². The number of nitrogen functional groups attached to an aromatic ring is 1. The molecular formula is C11H10IN3O2. The number of rotatable bonds is 2. The number of anilines is 1. The van der Waals surface area contributed by atoms with Gasteiger partial charge in [-0.15, -0.1) is 0 Å². The van der Waals surface area contributed by atoms with Crippen molar-refractivity contribution in [3.05, 3.63) is 28.0 Å². The third kappa shape index (κ3) is 2.41. The Bertz CT molecular complexity index is 560. The fourth-order valence-electron chi connectivity index (χ4n) is 1.35. The lowest BCUT2D eigenvalue weighted by molar-refractivity contribution is 0.373. The summed E-state index contributed by atoms with van der Waals surface area (Å²) in [6.07, 6.45) is 1.64. The normalized spacial score (nSPS) is 10.2. The Kier molecular flexibility index (Phi) is 3.32. The van der Waals surface area contributed by atoms with E-state index in [1.165, 1.54) is 7.11 Å². The van der Waals surface area contributed by atoms with Gasteiger partial charge in [-0.2, -0.15) is 0 Å². The molecule has 0 aliphatic heterocycles. The Morgan fingerprint density at radius 1 is 1.41 bits per heavy atom. The molecule has 0 spiro atoms. The molecule has 5 nitrogen and oxygen atoms in total. The number of nitrogens with two attached hydrogens (primary N) is 1. The van der Waals surface area contributed by atoms with Gasteiger partial charge in [-0.25, -0.2) is 9.97 Å². The molecule has 0 atom stereocenters. The van der Waals surface area contributed by atoms with Crippen molar-refractivity contribution in [1.29, 1.82) is 0 Å². The molecular weight excluding hydrogens is 333 g/mol. The number of phenolic OH excluding ortho intramolecular Hbond substituents is 1. The largest absolute Gasteiger partial charge is 0.504 e. The topological polar surface area (TPSA) is 81.3 Å². The van der Waals surface area contributed by atoms with Gasteiger partial charge >= 0.3 is 0 Å². The van der Waals surface area contributed by atoms with E-state index in [2.05, 4.69) is 32.6 Å². The number of aromatic nitrogens is 2. The van der Waals surface area contributed by atoms with Gasteiger partial charge in [0.2, 0.25) is 0 Å². The molecule has 0 saturated carbocycles. The number of hydrogen-bond donors (Lipinski definition) is 2. The zero-order valence-corrected chi connectivity index (χ0v) is 11.2. The molecule has 0 amide bonds. The monoisotopic (exact) mass is 343 g/mol. The first-order valence-corrected chi connectivity index (χ1v) is 5.85. The van der Waals surface area contributed by atoms with Crippen LogP contribution in [-0.2, 0) is 0 Å². The molecule has 88 valence electrons. The van der Waals surface area contributed by atoms with Crippen molar-refractivity contribution in [2.75, 3.05) is 12.8 Å². The highest BCUT2D eigenvalue weighted by Gasteiger charge is 2.08. The molecule has 2 aromatic rings. The SMILES string of the molecule is COc1ccc(-c2ncc(I)c(N)n2)cc1O. The van der Waals surface area contributed by atoms with Crippen molar-refractivity contribution in [2.24, 2.45) is 0 Å². The van der Waals surface area contributed by atoms with Gasteiger partial charge in [0.05, 0.1) is 10.7 Å². The van der Waals surface area contributed by atoms with Crippen LogP contribution in [0.1, 0.15) is 0 Å². The van der Waals surface area contributed by atoms with Gasteiger partial charge in [-0.1, -0.05) is 0 Å². The average Bonchev–Trinajstić information content (AvgIpc) is 2.32. The van der Waals surface area contributed by atoms with Crippen LogP contribution in [0.5, 0.6) is 11.5 Å². The molecule has 1 aromatic carbocycles. The first-order chi connectivity index (χ1) is 8.11. The zero-order chi connectivity index (χ0) is 12.4. The van der Waals surface area contributed by atoms with Gasteiger partial charge in [0.25, 0.3) is 0 Å². The maximum Gasteiger partial charge on any atom is 0.161 e. The van der Waals surface area contributed by atoms with Crippen LogP contribution in [0, 0.1) is 3.57 Å². The van der Waals surface area contributed by atoms with E-state index in [9.17, 15) is 5.11 Å². The first kappa shape index (κ1) is 11.9. The number of methoxy groups -OCH3 is 1. The second-order valence-corrected chi connectivity index (χ2v) is 4.48. The highest BCUT2D eigenvalue weighted by Crippen LogP contribution is 2.30. The molecule has 17 heavy (non-hydrogen) atoms. The molecule has 0 radical (unpaired) electrons. The average molecular weight is 343 g/mol. The lowest BCUT2D eigenvalue weighted by atomic mass is 10.2. The van der Waals surface area contributed by atoms with Crippen molar-refractivity contribution in [1.82, 2.24) is 9.97 Å². The number of ether oxygens (including phenoxy) is 1. The number of aromatic hydroxyl groups is 1. The summed E-state index contributed by atoms with van der Waals surface area (Å²) in [6, 6.07) is 4.96. The number of phenols is 1. The molecule has 2 rings (SSSR count). The number of benzene rings is 1. The van der Waals surface area contributed by atoms with Crippen molar-refractivity contribution >= 4 is 28.4 Å². The molecule has 0 saturated heterocycles. The van der Waals surface area contributed by atoms with Crippen LogP contribution >= 0.6 is 22.6 Å². The van der Waals surface area contributed by atoms with E-state index in [1.54, 1.807) is 24.4 Å². The molecule has 0 unspecified atom stereocenters. The summed E-state index contributed by atoms with van der Waals surface area (Å²) in [5.41, 5.74) is 6.39. The molecule has 1 heterocycles. The van der Waals surface area contributed by atoms with E-state index in [1.807, 2.05) is 0 Å². The van der Waals surface area contributed by atoms with Crippen LogP contribution in [0.25, 0.3) is 11.4 Å². The highest BCUT2D eigenvalue weighted by atomic mass is 127. The minimum Gasteiger partial charge on any atom is -0.504 e. The first-order valence-electron chi connectivity index (χ1n) is 4.77. The van der Waals surface area contributed by atoms with Crippen LogP contribution < -0.4 is 10.5 Å². The van der Waals surface area contributed by atoms with Crippen LogP contribution in [-0.4, -0.2) is 22.2 Å². The van der Waals surface area contributed by atoms with Gasteiger partial charge in [-0.05, 0) is 40.8 Å². The Morgan fingerprint density at radius 3 is 2.76 bits per heavy atom. The Morgan fingerprint density at radius 2 is 2.18 bits per heavy atom. The maximum absolute atomic E-state index is 9.66. The summed E-state index contributed by atoms with van der Waals surface area (Å²) >= 11 is 2.06. The van der Waals surface area contributed by atoms with Gasteiger partial charge in [0.15, 0.2) is 17.3 Å². The van der Waals surface area contributed by atoms with E-state index in [-0.39, 0.29) is 5.75 Å². The van der Waals surface area contributed by atoms with Gasteiger partial charge in [-0.3, -0.25) is 0 Å². The predicted octanol–water partition coefficient (Wildman–Crippen LogP) is 2.04. The summed E-state index contributed by atoms with van der Waals surface area (Å²) in [5, 5.41) is 9.66. The molecule has 6 heteroatoms. The summed E-state index contributed by atoms with van der Waals surface area (Å²) < 4.78 is 5.76. The number of halogens is 1. The van der Waals surface area contributed by atoms with Gasteiger partial charge in [0, 0.05) is 11.8 Å².